The van der Waals surface area contributed by atoms with E-state index in [0.717, 1.165) is 43.1 Å². The van der Waals surface area contributed by atoms with Gasteiger partial charge in [-0.3, -0.25) is 0 Å². The molecule has 5 nitrogen and oxygen atoms in total. The molecule has 0 aliphatic carbocycles. The molecular weight excluding hydrogens is 328 g/mol. The predicted octanol–water partition coefficient (Wildman–Crippen LogP) is 4.19. The fourth-order valence-corrected chi connectivity index (χ4v) is 3.28. The van der Waals surface area contributed by atoms with Gasteiger partial charge in [0.1, 0.15) is 11.5 Å². The van der Waals surface area contributed by atoms with Crippen LogP contribution in [-0.4, -0.2) is 37.7 Å². The number of carbonyl (C=O) groups is 1. The molecule has 0 bridgehead atoms. The Balaban J connectivity index is 1.50. The Morgan fingerprint density at radius 1 is 1.12 bits per heavy atom. The van der Waals surface area contributed by atoms with E-state index in [1.807, 2.05) is 48.2 Å². The van der Waals surface area contributed by atoms with Crippen molar-refractivity contribution in [1.82, 2.24) is 4.90 Å². The SMILES string of the molecule is CCOc1ccc(NC(=O)N2CCC(Cc3ccc(OC)cc3)C2)cc1. The van der Waals surface area contributed by atoms with Gasteiger partial charge in [-0.05, 0) is 67.6 Å². The number of carbonyl (C=O) groups excluding carboxylic acids is 1. The maximum absolute atomic E-state index is 12.5. The maximum atomic E-state index is 12.5. The Bertz CT molecular complexity index is 713. The highest BCUT2D eigenvalue weighted by Crippen LogP contribution is 2.23. The maximum Gasteiger partial charge on any atom is 0.321 e. The third-order valence-corrected chi connectivity index (χ3v) is 4.67. The molecule has 2 aromatic carbocycles. The molecule has 0 saturated carbocycles. The van der Waals surface area contributed by atoms with Crippen molar-refractivity contribution in [2.24, 2.45) is 5.92 Å². The molecular formula is C21H26N2O3. The van der Waals surface area contributed by atoms with Gasteiger partial charge in [-0.25, -0.2) is 4.79 Å². The second-order valence-electron chi connectivity index (χ2n) is 6.54. The fourth-order valence-electron chi connectivity index (χ4n) is 3.28. The van der Waals surface area contributed by atoms with Gasteiger partial charge in [-0.1, -0.05) is 12.1 Å². The summed E-state index contributed by atoms with van der Waals surface area (Å²) in [6.45, 7) is 4.17. The second-order valence-corrected chi connectivity index (χ2v) is 6.54. The number of rotatable bonds is 6. The van der Waals surface area contributed by atoms with E-state index in [0.29, 0.717) is 12.5 Å². The van der Waals surface area contributed by atoms with Crippen molar-refractivity contribution < 1.29 is 14.3 Å². The van der Waals surface area contributed by atoms with Crippen LogP contribution in [0.1, 0.15) is 18.9 Å². The third-order valence-electron chi connectivity index (χ3n) is 4.67. The normalized spacial score (nSPS) is 16.4. The van der Waals surface area contributed by atoms with Gasteiger partial charge < -0.3 is 19.7 Å². The van der Waals surface area contributed by atoms with Crippen LogP contribution in [-0.2, 0) is 6.42 Å². The van der Waals surface area contributed by atoms with Gasteiger partial charge in [0.25, 0.3) is 0 Å². The van der Waals surface area contributed by atoms with Crippen molar-refractivity contribution in [3.63, 3.8) is 0 Å². The molecule has 3 rings (SSSR count). The molecule has 2 aromatic rings. The van der Waals surface area contributed by atoms with E-state index in [9.17, 15) is 4.79 Å². The smallest absolute Gasteiger partial charge is 0.321 e. The summed E-state index contributed by atoms with van der Waals surface area (Å²) in [5.41, 5.74) is 2.07. The molecule has 1 fully saturated rings. The quantitative estimate of drug-likeness (QED) is 0.846. The molecule has 1 unspecified atom stereocenters. The lowest BCUT2D eigenvalue weighted by Gasteiger charge is -2.18. The zero-order valence-corrected chi connectivity index (χ0v) is 15.4. The van der Waals surface area contributed by atoms with Gasteiger partial charge in [-0.2, -0.15) is 0 Å². The van der Waals surface area contributed by atoms with Gasteiger partial charge >= 0.3 is 6.03 Å². The highest BCUT2D eigenvalue weighted by molar-refractivity contribution is 5.89. The summed E-state index contributed by atoms with van der Waals surface area (Å²) in [6, 6.07) is 15.6. The molecule has 1 atom stereocenters. The Morgan fingerprint density at radius 2 is 1.81 bits per heavy atom. The van der Waals surface area contributed by atoms with Crippen LogP contribution >= 0.6 is 0 Å². The van der Waals surface area contributed by atoms with Crippen LogP contribution in [0.2, 0.25) is 0 Å². The molecule has 0 spiro atoms. The number of methoxy groups -OCH3 is 1. The number of nitrogens with one attached hydrogen (secondary N) is 1. The van der Waals surface area contributed by atoms with Crippen molar-refractivity contribution in [2.75, 3.05) is 32.1 Å². The molecule has 1 saturated heterocycles. The van der Waals surface area contributed by atoms with Crippen LogP contribution in [0.15, 0.2) is 48.5 Å². The van der Waals surface area contributed by atoms with Crippen LogP contribution < -0.4 is 14.8 Å². The number of hydrogen-bond acceptors (Lipinski definition) is 3. The molecule has 26 heavy (non-hydrogen) atoms. The molecule has 2 amide bonds. The molecule has 5 heteroatoms. The average Bonchev–Trinajstić information content (AvgIpc) is 3.13. The van der Waals surface area contributed by atoms with Crippen LogP contribution in [0.4, 0.5) is 10.5 Å². The number of ether oxygens (including phenoxy) is 2. The van der Waals surface area contributed by atoms with Crippen LogP contribution in [0, 0.1) is 5.92 Å². The first-order valence-electron chi connectivity index (χ1n) is 9.09. The van der Waals surface area contributed by atoms with E-state index in [1.54, 1.807) is 7.11 Å². The number of likely N-dealkylation sites (tertiary alicyclic amines) is 1. The summed E-state index contributed by atoms with van der Waals surface area (Å²) in [5, 5.41) is 2.97. The Labute approximate surface area is 154 Å². The van der Waals surface area contributed by atoms with E-state index in [-0.39, 0.29) is 6.03 Å². The van der Waals surface area contributed by atoms with Crippen LogP contribution in [0.25, 0.3) is 0 Å². The summed E-state index contributed by atoms with van der Waals surface area (Å²) in [6.07, 6.45) is 2.01. The first-order chi connectivity index (χ1) is 12.7. The van der Waals surface area contributed by atoms with E-state index in [2.05, 4.69) is 17.4 Å². The van der Waals surface area contributed by atoms with Gasteiger partial charge in [0, 0.05) is 18.8 Å². The highest BCUT2D eigenvalue weighted by Gasteiger charge is 2.26. The largest absolute Gasteiger partial charge is 0.497 e. The predicted molar refractivity (Wildman–Crippen MR) is 103 cm³/mol. The van der Waals surface area contributed by atoms with Gasteiger partial charge in [0.15, 0.2) is 0 Å². The van der Waals surface area contributed by atoms with Crippen molar-refractivity contribution in [2.45, 2.75) is 19.8 Å². The van der Waals surface area contributed by atoms with Gasteiger partial charge in [0.2, 0.25) is 0 Å². The Morgan fingerprint density at radius 3 is 2.46 bits per heavy atom. The second kappa shape index (κ2) is 8.61. The molecule has 0 aromatic heterocycles. The van der Waals surface area contributed by atoms with Gasteiger partial charge in [-0.15, -0.1) is 0 Å². The number of amides is 2. The minimum absolute atomic E-state index is 0.0357. The van der Waals surface area contributed by atoms with Crippen molar-refractivity contribution in [3.05, 3.63) is 54.1 Å². The van der Waals surface area contributed by atoms with E-state index in [1.165, 1.54) is 5.56 Å². The summed E-state index contributed by atoms with van der Waals surface area (Å²) in [5.74, 6) is 2.18. The minimum atomic E-state index is -0.0357. The summed E-state index contributed by atoms with van der Waals surface area (Å²) >= 11 is 0. The summed E-state index contributed by atoms with van der Waals surface area (Å²) in [7, 11) is 1.67. The number of anilines is 1. The molecule has 1 aliphatic rings. The molecule has 0 radical (unpaired) electrons. The zero-order valence-electron chi connectivity index (χ0n) is 15.4. The first-order valence-corrected chi connectivity index (χ1v) is 9.09. The summed E-state index contributed by atoms with van der Waals surface area (Å²) in [4.78, 5) is 14.4. The average molecular weight is 354 g/mol. The Hall–Kier alpha value is -2.69. The van der Waals surface area contributed by atoms with Crippen molar-refractivity contribution in [1.29, 1.82) is 0 Å². The number of urea groups is 1. The Kier molecular flexibility index (Phi) is 6.00. The lowest BCUT2D eigenvalue weighted by Crippen LogP contribution is -2.33. The monoisotopic (exact) mass is 354 g/mol. The zero-order chi connectivity index (χ0) is 18.4. The molecule has 138 valence electrons. The molecule has 1 heterocycles. The minimum Gasteiger partial charge on any atom is -0.497 e. The van der Waals surface area contributed by atoms with Gasteiger partial charge in [0.05, 0.1) is 13.7 Å². The number of hydrogen-bond donors (Lipinski definition) is 1. The van der Waals surface area contributed by atoms with Crippen molar-refractivity contribution in [3.8, 4) is 11.5 Å². The standard InChI is InChI=1S/C21H26N2O3/c1-3-26-20-10-6-18(7-11-20)22-21(24)23-13-12-17(15-23)14-16-4-8-19(25-2)9-5-16/h4-11,17H,3,12-15H2,1-2H3,(H,22,24). The highest BCUT2D eigenvalue weighted by atomic mass is 16.5. The van der Waals surface area contributed by atoms with Crippen molar-refractivity contribution >= 4 is 11.7 Å². The molecule has 1 aliphatic heterocycles. The fraction of sp³-hybridized carbons (Fsp3) is 0.381. The van der Waals surface area contributed by atoms with Crippen LogP contribution in [0.5, 0.6) is 11.5 Å². The topological polar surface area (TPSA) is 50.8 Å². The lowest BCUT2D eigenvalue weighted by molar-refractivity contribution is 0.221. The third kappa shape index (κ3) is 4.69. The summed E-state index contributed by atoms with van der Waals surface area (Å²) < 4.78 is 10.6. The number of benzene rings is 2. The van der Waals surface area contributed by atoms with E-state index < -0.39 is 0 Å². The van der Waals surface area contributed by atoms with E-state index in [4.69, 9.17) is 9.47 Å². The number of nitrogens with zero attached hydrogens (tertiary/aromatic N) is 1. The van der Waals surface area contributed by atoms with E-state index >= 15 is 0 Å². The lowest BCUT2D eigenvalue weighted by atomic mass is 9.99. The first kappa shape index (κ1) is 18.1. The van der Waals surface area contributed by atoms with Crippen LogP contribution in [0.3, 0.4) is 0 Å². The molecule has 1 N–H and O–H groups in total.